The summed E-state index contributed by atoms with van der Waals surface area (Å²) in [7, 11) is 0. The molecule has 0 aliphatic heterocycles. The van der Waals surface area contributed by atoms with Crippen molar-refractivity contribution in [2.24, 2.45) is 0 Å². The summed E-state index contributed by atoms with van der Waals surface area (Å²) >= 11 is 1.49. The summed E-state index contributed by atoms with van der Waals surface area (Å²) in [6, 6.07) is 8.41. The molecule has 0 saturated heterocycles. The van der Waals surface area contributed by atoms with Crippen molar-refractivity contribution in [1.29, 1.82) is 0 Å². The van der Waals surface area contributed by atoms with Crippen LogP contribution < -0.4 is 5.32 Å². The third-order valence-electron chi connectivity index (χ3n) is 4.18. The van der Waals surface area contributed by atoms with Crippen molar-refractivity contribution in [3.05, 3.63) is 35.7 Å². The van der Waals surface area contributed by atoms with Gasteiger partial charge >= 0.3 is 0 Å². The quantitative estimate of drug-likeness (QED) is 0.824. The van der Waals surface area contributed by atoms with Crippen LogP contribution in [-0.2, 0) is 4.79 Å². The van der Waals surface area contributed by atoms with E-state index < -0.39 is 0 Å². The van der Waals surface area contributed by atoms with Gasteiger partial charge < -0.3 is 9.88 Å². The topological polar surface area (TPSA) is 59.8 Å². The van der Waals surface area contributed by atoms with Gasteiger partial charge in [0.1, 0.15) is 5.82 Å². The molecule has 5 nitrogen and oxygen atoms in total. The van der Waals surface area contributed by atoms with Gasteiger partial charge in [-0.25, -0.2) is 0 Å². The highest BCUT2D eigenvalue weighted by atomic mass is 32.2. The lowest BCUT2D eigenvalue weighted by Crippen LogP contribution is -2.14. The Labute approximate surface area is 139 Å². The number of thioether (sulfide) groups is 1. The van der Waals surface area contributed by atoms with Crippen LogP contribution >= 0.6 is 11.8 Å². The number of nitrogens with zero attached hydrogens (tertiary/aromatic N) is 3. The van der Waals surface area contributed by atoms with Crippen LogP contribution in [0.4, 0.5) is 5.69 Å². The number of carbonyl (C=O) groups excluding carboxylic acids is 1. The number of aromatic nitrogens is 3. The maximum Gasteiger partial charge on any atom is 0.234 e. The van der Waals surface area contributed by atoms with Gasteiger partial charge in [-0.3, -0.25) is 4.79 Å². The summed E-state index contributed by atoms with van der Waals surface area (Å²) in [5.74, 6) is 2.09. The summed E-state index contributed by atoms with van der Waals surface area (Å²) in [5.41, 5.74) is 1.98. The highest BCUT2D eigenvalue weighted by Gasteiger charge is 2.36. The Morgan fingerprint density at radius 3 is 2.83 bits per heavy atom. The Bertz CT molecular complexity index is 734. The minimum absolute atomic E-state index is 0.00100. The molecule has 2 aliphatic rings. The maximum absolute atomic E-state index is 12.2. The van der Waals surface area contributed by atoms with Crippen molar-refractivity contribution < 1.29 is 4.79 Å². The Balaban J connectivity index is 1.40. The molecule has 2 aliphatic carbocycles. The average Bonchev–Trinajstić information content (AvgIpc) is 3.44. The van der Waals surface area contributed by atoms with E-state index in [1.165, 1.54) is 37.4 Å². The van der Waals surface area contributed by atoms with Gasteiger partial charge in [0.05, 0.1) is 5.75 Å². The highest BCUT2D eigenvalue weighted by Crippen LogP contribution is 2.45. The molecule has 6 heteroatoms. The molecule has 23 heavy (non-hydrogen) atoms. The maximum atomic E-state index is 12.2. The van der Waals surface area contributed by atoms with Crippen LogP contribution in [0, 0.1) is 6.92 Å². The second-order valence-electron chi connectivity index (χ2n) is 6.42. The summed E-state index contributed by atoms with van der Waals surface area (Å²) < 4.78 is 2.28. The molecule has 0 spiro atoms. The summed E-state index contributed by atoms with van der Waals surface area (Å²) in [6.45, 7) is 2.02. The smallest absolute Gasteiger partial charge is 0.234 e. The van der Waals surface area contributed by atoms with E-state index in [9.17, 15) is 4.79 Å². The fourth-order valence-electron chi connectivity index (χ4n) is 2.73. The number of benzene rings is 1. The minimum atomic E-state index is -0.00100. The van der Waals surface area contributed by atoms with E-state index in [0.717, 1.165) is 22.2 Å². The Kier molecular flexibility index (Phi) is 3.85. The summed E-state index contributed by atoms with van der Waals surface area (Å²) in [6.07, 6.45) is 4.87. The number of anilines is 1. The van der Waals surface area contributed by atoms with Crippen molar-refractivity contribution in [2.45, 2.75) is 49.7 Å². The van der Waals surface area contributed by atoms with Gasteiger partial charge in [0.25, 0.3) is 0 Å². The van der Waals surface area contributed by atoms with Crippen LogP contribution in [0.25, 0.3) is 0 Å². The number of hydrogen-bond donors (Lipinski definition) is 1. The van der Waals surface area contributed by atoms with E-state index in [0.29, 0.717) is 17.7 Å². The Morgan fingerprint density at radius 1 is 1.30 bits per heavy atom. The third kappa shape index (κ3) is 3.42. The lowest BCUT2D eigenvalue weighted by molar-refractivity contribution is -0.113. The van der Waals surface area contributed by atoms with Gasteiger partial charge in [-0.1, -0.05) is 23.9 Å². The standard InChI is InChI=1S/C17H20N4OS/c1-11-3-2-4-13(9-11)18-15(22)10-23-17-20-19-16(12-5-6-12)21(17)14-7-8-14/h2-4,9,12,14H,5-8,10H2,1H3,(H,18,22). The highest BCUT2D eigenvalue weighted by molar-refractivity contribution is 7.99. The van der Waals surface area contributed by atoms with Crippen molar-refractivity contribution in [3.63, 3.8) is 0 Å². The number of carbonyl (C=O) groups is 1. The van der Waals surface area contributed by atoms with Crippen molar-refractivity contribution in [3.8, 4) is 0 Å². The van der Waals surface area contributed by atoms with E-state index in [1.54, 1.807) is 0 Å². The number of amides is 1. The minimum Gasteiger partial charge on any atom is -0.325 e. The van der Waals surface area contributed by atoms with Gasteiger partial charge in [-0.05, 0) is 50.3 Å². The molecular weight excluding hydrogens is 308 g/mol. The van der Waals surface area contributed by atoms with Gasteiger partial charge in [0.2, 0.25) is 5.91 Å². The molecular formula is C17H20N4OS. The van der Waals surface area contributed by atoms with Crippen LogP contribution in [0.3, 0.4) is 0 Å². The first kappa shape index (κ1) is 14.8. The van der Waals surface area contributed by atoms with Crippen LogP contribution in [0.5, 0.6) is 0 Å². The molecule has 0 atom stereocenters. The van der Waals surface area contributed by atoms with Crippen LogP contribution in [-0.4, -0.2) is 26.4 Å². The fourth-order valence-corrected chi connectivity index (χ4v) is 3.55. The van der Waals surface area contributed by atoms with Crippen LogP contribution in [0.15, 0.2) is 29.4 Å². The first-order valence-corrected chi connectivity index (χ1v) is 9.13. The van der Waals surface area contributed by atoms with Gasteiger partial charge in [-0.2, -0.15) is 0 Å². The fraction of sp³-hybridized carbons (Fsp3) is 0.471. The molecule has 1 aromatic heterocycles. The third-order valence-corrected chi connectivity index (χ3v) is 5.12. The monoisotopic (exact) mass is 328 g/mol. The van der Waals surface area contributed by atoms with Crippen LogP contribution in [0.1, 0.15) is 49.0 Å². The number of aryl methyl sites for hydroxylation is 1. The molecule has 2 saturated carbocycles. The molecule has 0 radical (unpaired) electrons. The molecule has 2 fully saturated rings. The molecule has 1 aromatic carbocycles. The zero-order chi connectivity index (χ0) is 15.8. The van der Waals surface area contributed by atoms with Crippen LogP contribution in [0.2, 0.25) is 0 Å². The second kappa shape index (κ2) is 6.00. The Hall–Kier alpha value is -1.82. The van der Waals surface area contributed by atoms with E-state index in [-0.39, 0.29) is 5.91 Å². The molecule has 0 unspecified atom stereocenters. The lowest BCUT2D eigenvalue weighted by Gasteiger charge is -2.08. The second-order valence-corrected chi connectivity index (χ2v) is 7.37. The van der Waals surface area contributed by atoms with E-state index in [1.807, 2.05) is 31.2 Å². The molecule has 4 rings (SSSR count). The molecule has 0 bridgehead atoms. The first-order chi connectivity index (χ1) is 11.2. The van der Waals surface area contributed by atoms with Gasteiger partial charge in [0.15, 0.2) is 5.16 Å². The lowest BCUT2D eigenvalue weighted by atomic mass is 10.2. The molecule has 1 heterocycles. The molecule has 120 valence electrons. The zero-order valence-electron chi connectivity index (χ0n) is 13.2. The molecule has 1 N–H and O–H groups in total. The summed E-state index contributed by atoms with van der Waals surface area (Å²) in [4.78, 5) is 12.2. The SMILES string of the molecule is Cc1cccc(NC(=O)CSc2nnc(C3CC3)n2C2CC2)c1. The predicted octanol–water partition coefficient (Wildman–Crippen LogP) is 3.53. The Morgan fingerprint density at radius 2 is 2.13 bits per heavy atom. The molecule has 2 aromatic rings. The number of nitrogens with one attached hydrogen (secondary N) is 1. The number of hydrogen-bond acceptors (Lipinski definition) is 4. The normalized spacial score (nSPS) is 17.3. The van der Waals surface area contributed by atoms with Crippen molar-refractivity contribution >= 4 is 23.4 Å². The summed E-state index contributed by atoms with van der Waals surface area (Å²) in [5, 5.41) is 12.5. The van der Waals surface area contributed by atoms with Crippen molar-refractivity contribution in [2.75, 3.05) is 11.1 Å². The van der Waals surface area contributed by atoms with Gasteiger partial charge in [-0.15, -0.1) is 10.2 Å². The number of rotatable bonds is 6. The van der Waals surface area contributed by atoms with E-state index >= 15 is 0 Å². The van der Waals surface area contributed by atoms with Gasteiger partial charge in [0, 0.05) is 17.6 Å². The van der Waals surface area contributed by atoms with E-state index in [4.69, 9.17) is 0 Å². The average molecular weight is 328 g/mol. The van der Waals surface area contributed by atoms with E-state index in [2.05, 4.69) is 20.1 Å². The largest absolute Gasteiger partial charge is 0.325 e. The molecule has 1 amide bonds. The first-order valence-electron chi connectivity index (χ1n) is 8.15. The predicted molar refractivity (Wildman–Crippen MR) is 90.8 cm³/mol. The zero-order valence-corrected chi connectivity index (χ0v) is 14.0. The van der Waals surface area contributed by atoms with Crippen molar-refractivity contribution in [1.82, 2.24) is 14.8 Å².